The molecule has 102 valence electrons. The molecule has 3 heterocycles. The molecule has 1 amide bonds. The van der Waals surface area contributed by atoms with Crippen LogP contribution in [0.1, 0.15) is 23.2 Å². The molecule has 0 bridgehead atoms. The van der Waals surface area contributed by atoms with Gasteiger partial charge in [0.2, 0.25) is 0 Å². The van der Waals surface area contributed by atoms with E-state index in [0.717, 1.165) is 12.8 Å². The Morgan fingerprint density at radius 1 is 1.42 bits per heavy atom. The first-order chi connectivity index (χ1) is 9.20. The first-order valence-corrected chi connectivity index (χ1v) is 6.76. The number of amides is 1. The van der Waals surface area contributed by atoms with Crippen molar-refractivity contribution < 1.29 is 14.3 Å². The third kappa shape index (κ3) is 2.45. The number of aromatic nitrogens is 1. The number of nitrogens with zero attached hydrogens (tertiary/aromatic N) is 2. The lowest BCUT2D eigenvalue weighted by Crippen LogP contribution is -2.51. The van der Waals surface area contributed by atoms with Crippen molar-refractivity contribution in [3.8, 4) is 0 Å². The summed E-state index contributed by atoms with van der Waals surface area (Å²) in [5.41, 5.74) is 0.430. The Kier molecular flexibility index (Phi) is 3.43. The van der Waals surface area contributed by atoms with Gasteiger partial charge in [-0.1, -0.05) is 11.6 Å². The lowest BCUT2D eigenvalue weighted by Gasteiger charge is -2.38. The Morgan fingerprint density at radius 2 is 2.21 bits per heavy atom. The number of halogens is 1. The van der Waals surface area contributed by atoms with E-state index in [1.807, 2.05) is 0 Å². The van der Waals surface area contributed by atoms with Gasteiger partial charge in [-0.3, -0.25) is 4.79 Å². The molecule has 0 unspecified atom stereocenters. The molecule has 0 saturated carbocycles. The van der Waals surface area contributed by atoms with Gasteiger partial charge in [-0.2, -0.15) is 0 Å². The van der Waals surface area contributed by atoms with E-state index in [2.05, 4.69) is 4.98 Å². The van der Waals surface area contributed by atoms with Crippen LogP contribution in [0.2, 0.25) is 5.15 Å². The average molecular weight is 283 g/mol. The second kappa shape index (κ2) is 5.07. The van der Waals surface area contributed by atoms with Crippen LogP contribution in [0.4, 0.5) is 0 Å². The summed E-state index contributed by atoms with van der Waals surface area (Å²) in [6, 6.07) is 3.40. The minimum Gasteiger partial charge on any atom is -0.346 e. The highest BCUT2D eigenvalue weighted by molar-refractivity contribution is 6.32. The summed E-state index contributed by atoms with van der Waals surface area (Å²) in [6.07, 6.45) is 3.27. The molecule has 19 heavy (non-hydrogen) atoms. The van der Waals surface area contributed by atoms with Gasteiger partial charge in [0.25, 0.3) is 5.91 Å². The number of hydrogen-bond acceptors (Lipinski definition) is 4. The molecule has 0 atom stereocenters. The molecular formula is C13H15ClN2O3. The molecule has 2 fully saturated rings. The van der Waals surface area contributed by atoms with Crippen molar-refractivity contribution in [3.05, 3.63) is 29.0 Å². The summed E-state index contributed by atoms with van der Waals surface area (Å²) in [4.78, 5) is 18.1. The highest BCUT2D eigenvalue weighted by Crippen LogP contribution is 2.31. The smallest absolute Gasteiger partial charge is 0.257 e. The van der Waals surface area contributed by atoms with Crippen molar-refractivity contribution in [3.63, 3.8) is 0 Å². The first kappa shape index (κ1) is 12.8. The predicted octanol–water partition coefficient (Wildman–Crippen LogP) is 1.71. The van der Waals surface area contributed by atoms with E-state index in [1.54, 1.807) is 23.2 Å². The number of carbonyl (C=O) groups is 1. The van der Waals surface area contributed by atoms with Crippen molar-refractivity contribution in [1.29, 1.82) is 0 Å². The fourth-order valence-corrected chi connectivity index (χ4v) is 2.81. The lowest BCUT2D eigenvalue weighted by atomic mass is 10.0. The van der Waals surface area contributed by atoms with Crippen LogP contribution in [-0.4, -0.2) is 47.9 Å². The Labute approximate surface area is 116 Å². The maximum Gasteiger partial charge on any atom is 0.257 e. The first-order valence-electron chi connectivity index (χ1n) is 6.38. The molecule has 0 aromatic carbocycles. The van der Waals surface area contributed by atoms with Crippen molar-refractivity contribution in [2.45, 2.75) is 18.6 Å². The van der Waals surface area contributed by atoms with Gasteiger partial charge in [0, 0.05) is 19.2 Å². The number of ether oxygens (including phenoxy) is 2. The number of hydrogen-bond donors (Lipinski definition) is 0. The van der Waals surface area contributed by atoms with E-state index < -0.39 is 5.79 Å². The SMILES string of the molecule is O=C(c1cccnc1Cl)N1CCCC2(C1)OCCO2. The molecule has 1 aromatic rings. The van der Waals surface area contributed by atoms with Gasteiger partial charge in [0.15, 0.2) is 5.79 Å². The van der Waals surface area contributed by atoms with Gasteiger partial charge in [-0.15, -0.1) is 0 Å². The van der Waals surface area contributed by atoms with Crippen molar-refractivity contribution in [1.82, 2.24) is 9.88 Å². The maximum atomic E-state index is 12.5. The van der Waals surface area contributed by atoms with Crippen LogP contribution < -0.4 is 0 Å². The Morgan fingerprint density at radius 3 is 2.95 bits per heavy atom. The molecule has 0 radical (unpaired) electrons. The molecule has 6 heteroatoms. The molecule has 1 aromatic heterocycles. The summed E-state index contributed by atoms with van der Waals surface area (Å²) in [5.74, 6) is -0.723. The zero-order chi connectivity index (χ0) is 13.3. The summed E-state index contributed by atoms with van der Waals surface area (Å²) in [6.45, 7) is 2.33. The second-order valence-corrected chi connectivity index (χ2v) is 5.14. The highest BCUT2D eigenvalue weighted by atomic mass is 35.5. The highest BCUT2D eigenvalue weighted by Gasteiger charge is 2.42. The maximum absolute atomic E-state index is 12.5. The molecule has 0 N–H and O–H groups in total. The molecular weight excluding hydrogens is 268 g/mol. The average Bonchev–Trinajstić information content (AvgIpc) is 2.86. The largest absolute Gasteiger partial charge is 0.346 e. The van der Waals surface area contributed by atoms with E-state index >= 15 is 0 Å². The van der Waals surface area contributed by atoms with Crippen LogP contribution in [0.3, 0.4) is 0 Å². The second-order valence-electron chi connectivity index (χ2n) is 4.78. The number of carbonyl (C=O) groups excluding carboxylic acids is 1. The predicted molar refractivity (Wildman–Crippen MR) is 69.0 cm³/mol. The van der Waals surface area contributed by atoms with Gasteiger partial charge in [0.05, 0.1) is 25.3 Å². The molecule has 3 rings (SSSR count). The van der Waals surface area contributed by atoms with Gasteiger partial charge in [0.1, 0.15) is 5.15 Å². The molecule has 1 spiro atoms. The fraction of sp³-hybridized carbons (Fsp3) is 0.538. The van der Waals surface area contributed by atoms with Crippen LogP contribution in [0.5, 0.6) is 0 Å². The number of likely N-dealkylation sites (tertiary alicyclic amines) is 1. The lowest BCUT2D eigenvalue weighted by molar-refractivity contribution is -0.183. The number of piperidine rings is 1. The van der Waals surface area contributed by atoms with E-state index in [1.165, 1.54) is 0 Å². The normalized spacial score (nSPS) is 21.8. The van der Waals surface area contributed by atoms with Crippen molar-refractivity contribution in [2.75, 3.05) is 26.3 Å². The molecule has 2 saturated heterocycles. The van der Waals surface area contributed by atoms with E-state index in [4.69, 9.17) is 21.1 Å². The van der Waals surface area contributed by atoms with E-state index in [9.17, 15) is 4.79 Å². The van der Waals surface area contributed by atoms with Gasteiger partial charge >= 0.3 is 0 Å². The third-order valence-corrected chi connectivity index (χ3v) is 3.81. The molecule has 2 aliphatic heterocycles. The number of rotatable bonds is 1. The van der Waals surface area contributed by atoms with Crippen LogP contribution in [-0.2, 0) is 9.47 Å². The van der Waals surface area contributed by atoms with Crippen LogP contribution in [0, 0.1) is 0 Å². The monoisotopic (exact) mass is 282 g/mol. The van der Waals surface area contributed by atoms with Crippen LogP contribution >= 0.6 is 11.6 Å². The van der Waals surface area contributed by atoms with Gasteiger partial charge in [-0.05, 0) is 18.6 Å². The molecule has 5 nitrogen and oxygen atoms in total. The minimum absolute atomic E-state index is 0.115. The molecule has 2 aliphatic rings. The zero-order valence-electron chi connectivity index (χ0n) is 10.5. The summed E-state index contributed by atoms with van der Waals surface area (Å²) in [7, 11) is 0. The van der Waals surface area contributed by atoms with Gasteiger partial charge in [-0.25, -0.2) is 4.98 Å². The van der Waals surface area contributed by atoms with E-state index in [-0.39, 0.29) is 11.1 Å². The summed E-state index contributed by atoms with van der Waals surface area (Å²) in [5, 5.41) is 0.236. The third-order valence-electron chi connectivity index (χ3n) is 3.51. The summed E-state index contributed by atoms with van der Waals surface area (Å²) >= 11 is 5.97. The summed E-state index contributed by atoms with van der Waals surface area (Å²) < 4.78 is 11.3. The van der Waals surface area contributed by atoms with Gasteiger partial charge < -0.3 is 14.4 Å². The number of pyridine rings is 1. The van der Waals surface area contributed by atoms with Crippen molar-refractivity contribution >= 4 is 17.5 Å². The van der Waals surface area contributed by atoms with Crippen LogP contribution in [0.15, 0.2) is 18.3 Å². The fourth-order valence-electron chi connectivity index (χ4n) is 2.61. The molecule has 0 aliphatic carbocycles. The Bertz CT molecular complexity index is 489. The standard InChI is InChI=1S/C13H15ClN2O3/c14-11-10(3-1-5-15-11)12(17)16-6-2-4-13(9-16)18-7-8-19-13/h1,3,5H,2,4,6-9H2. The Hall–Kier alpha value is -1.17. The van der Waals surface area contributed by atoms with Crippen molar-refractivity contribution in [2.24, 2.45) is 0 Å². The quantitative estimate of drug-likeness (QED) is 0.736. The Balaban J connectivity index is 1.78. The van der Waals surface area contributed by atoms with Crippen LogP contribution in [0.25, 0.3) is 0 Å². The topological polar surface area (TPSA) is 51.7 Å². The minimum atomic E-state index is -0.609. The zero-order valence-corrected chi connectivity index (χ0v) is 11.2. The van der Waals surface area contributed by atoms with E-state index in [0.29, 0.717) is 31.9 Å².